The van der Waals surface area contributed by atoms with Gasteiger partial charge < -0.3 is 15.2 Å². The van der Waals surface area contributed by atoms with Crippen molar-refractivity contribution < 1.29 is 41.0 Å². The molecule has 1 saturated carbocycles. The zero-order valence-corrected chi connectivity index (χ0v) is 21.3. The first-order chi connectivity index (χ1) is 16.3. The minimum atomic E-state index is -5.08. The first kappa shape index (κ1) is 27.4. The highest BCUT2D eigenvalue weighted by Crippen LogP contribution is 2.48. The Balaban J connectivity index is 0.000000429. The van der Waals surface area contributed by atoms with Gasteiger partial charge in [-0.15, -0.1) is 11.3 Å². The number of sulfonamides is 1. The van der Waals surface area contributed by atoms with Crippen molar-refractivity contribution in [2.24, 2.45) is 0 Å². The van der Waals surface area contributed by atoms with Crippen molar-refractivity contribution in [1.29, 1.82) is 0 Å². The fourth-order valence-electron chi connectivity index (χ4n) is 3.46. The molecule has 3 N–H and O–H groups in total. The summed E-state index contributed by atoms with van der Waals surface area (Å²) in [5.74, 6) is -2.73. The molecule has 192 valence electrons. The minimum absolute atomic E-state index is 0.0276. The first-order valence-electron chi connectivity index (χ1n) is 10.4. The maximum absolute atomic E-state index is 12.7. The summed E-state index contributed by atoms with van der Waals surface area (Å²) in [7, 11) is -3.61. The number of halogens is 4. The lowest BCUT2D eigenvalue weighted by molar-refractivity contribution is -0.192. The van der Waals surface area contributed by atoms with E-state index in [1.807, 2.05) is 12.1 Å². The van der Waals surface area contributed by atoms with Gasteiger partial charge in [-0.2, -0.15) is 13.2 Å². The van der Waals surface area contributed by atoms with E-state index in [0.29, 0.717) is 12.2 Å². The van der Waals surface area contributed by atoms with Crippen LogP contribution in [0.2, 0.25) is 0 Å². The summed E-state index contributed by atoms with van der Waals surface area (Å²) in [5, 5.41) is 10.1. The average molecular weight is 599 g/mol. The highest BCUT2D eigenvalue weighted by molar-refractivity contribution is 9.11. The summed E-state index contributed by atoms with van der Waals surface area (Å²) in [5.41, 5.74) is 0.900. The number of hydrogen-bond donors (Lipinski definition) is 3. The number of benzene rings is 1. The van der Waals surface area contributed by atoms with E-state index in [1.165, 1.54) is 0 Å². The second-order valence-corrected chi connectivity index (χ2v) is 12.3. The normalized spacial score (nSPS) is 18.8. The number of hydrogen-bond acceptors (Lipinski definition) is 6. The van der Waals surface area contributed by atoms with Crippen LogP contribution in [0.25, 0.3) is 0 Å². The van der Waals surface area contributed by atoms with Gasteiger partial charge in [-0.1, -0.05) is 12.1 Å². The number of anilines is 1. The Morgan fingerprint density at radius 1 is 1.17 bits per heavy atom. The van der Waals surface area contributed by atoms with Crippen LogP contribution >= 0.6 is 27.3 Å². The Kier molecular flexibility index (Phi) is 8.50. The second kappa shape index (κ2) is 10.8. The van der Waals surface area contributed by atoms with E-state index >= 15 is 0 Å². The van der Waals surface area contributed by atoms with Crippen LogP contribution < -0.4 is 10.0 Å². The Bertz CT molecular complexity index is 1160. The third-order valence-electron chi connectivity index (χ3n) is 5.44. The fourth-order valence-corrected chi connectivity index (χ4v) is 6.53. The molecule has 8 nitrogen and oxygen atoms in total. The van der Waals surface area contributed by atoms with E-state index in [1.54, 1.807) is 24.3 Å². The molecule has 0 bridgehead atoms. The first-order valence-corrected chi connectivity index (χ1v) is 13.5. The van der Waals surface area contributed by atoms with E-state index in [0.717, 1.165) is 53.0 Å². The third-order valence-corrected chi connectivity index (χ3v) is 8.94. The standard InChI is InChI=1S/C19H21BrN2O4S2.C2HF3O2/c20-16-7-8-17(27-16)28(24,25)22-14-5-3-13(4-6-14)19(9-10-19)18(23)21-12-15-2-1-11-26-15;3-2(4,5)1(6)7/h3-8,15,22H,1-2,9-12H2,(H,21,23);(H,6,7). The average Bonchev–Trinajstić information content (AvgIpc) is 3.19. The van der Waals surface area contributed by atoms with Crippen molar-refractivity contribution in [2.75, 3.05) is 17.9 Å². The summed E-state index contributed by atoms with van der Waals surface area (Å²) >= 11 is 4.43. The second-order valence-electron chi connectivity index (χ2n) is 7.97. The van der Waals surface area contributed by atoms with Crippen LogP contribution in [0.4, 0.5) is 18.9 Å². The van der Waals surface area contributed by atoms with E-state index in [4.69, 9.17) is 14.6 Å². The number of nitrogens with one attached hydrogen (secondary N) is 2. The Morgan fingerprint density at radius 2 is 1.80 bits per heavy atom. The van der Waals surface area contributed by atoms with Gasteiger partial charge in [0.15, 0.2) is 0 Å². The minimum Gasteiger partial charge on any atom is -0.475 e. The lowest BCUT2D eigenvalue weighted by atomic mass is 9.94. The number of rotatable bonds is 7. The molecule has 1 aromatic heterocycles. The van der Waals surface area contributed by atoms with Gasteiger partial charge in [-0.3, -0.25) is 9.52 Å². The van der Waals surface area contributed by atoms with Crippen LogP contribution in [0.5, 0.6) is 0 Å². The zero-order valence-electron chi connectivity index (χ0n) is 18.1. The van der Waals surface area contributed by atoms with Crippen LogP contribution in [0.1, 0.15) is 31.2 Å². The zero-order chi connectivity index (χ0) is 25.9. The van der Waals surface area contributed by atoms with Crippen LogP contribution in [-0.2, 0) is 29.8 Å². The van der Waals surface area contributed by atoms with Gasteiger partial charge in [0.05, 0.1) is 15.3 Å². The predicted molar refractivity (Wildman–Crippen MR) is 126 cm³/mol. The predicted octanol–water partition coefficient (Wildman–Crippen LogP) is 4.27. The molecule has 4 rings (SSSR count). The number of amides is 1. The summed E-state index contributed by atoms with van der Waals surface area (Å²) in [4.78, 5) is 21.6. The highest BCUT2D eigenvalue weighted by atomic mass is 79.9. The number of thiophene rings is 1. The van der Waals surface area contributed by atoms with Gasteiger partial charge in [0.1, 0.15) is 4.21 Å². The van der Waals surface area contributed by atoms with Crippen molar-refractivity contribution in [1.82, 2.24) is 5.32 Å². The maximum atomic E-state index is 12.7. The SMILES string of the molecule is O=C(NCC1CCCO1)C1(c2ccc(NS(=O)(=O)c3ccc(Br)s3)cc2)CC1.O=C(O)C(F)(F)F. The van der Waals surface area contributed by atoms with Gasteiger partial charge in [-0.25, -0.2) is 13.2 Å². The molecule has 1 unspecified atom stereocenters. The van der Waals surface area contributed by atoms with Crippen LogP contribution in [0.15, 0.2) is 44.4 Å². The fraction of sp³-hybridized carbons (Fsp3) is 0.429. The van der Waals surface area contributed by atoms with Crippen LogP contribution in [-0.4, -0.2) is 50.8 Å². The molecule has 2 aromatic rings. The molecule has 14 heteroatoms. The highest BCUT2D eigenvalue weighted by Gasteiger charge is 2.51. The quantitative estimate of drug-likeness (QED) is 0.437. The summed E-state index contributed by atoms with van der Waals surface area (Å²) in [6.45, 7) is 1.32. The number of carboxylic acids is 1. The topological polar surface area (TPSA) is 122 Å². The molecule has 1 aliphatic carbocycles. The number of carboxylic acid groups (broad SMARTS) is 1. The molecule has 1 aliphatic heterocycles. The van der Waals surface area contributed by atoms with E-state index < -0.39 is 27.6 Å². The molecule has 2 aliphatic rings. The number of aliphatic carboxylic acids is 1. The Labute approximate surface area is 212 Å². The number of carbonyl (C=O) groups excluding carboxylic acids is 1. The molecule has 1 atom stereocenters. The molecular formula is C21H22BrF3N2O6S2. The van der Waals surface area contributed by atoms with Gasteiger partial charge in [0.2, 0.25) is 5.91 Å². The number of carbonyl (C=O) groups is 2. The van der Waals surface area contributed by atoms with Gasteiger partial charge in [-0.05, 0) is 71.4 Å². The lowest BCUT2D eigenvalue weighted by Gasteiger charge is -2.18. The smallest absolute Gasteiger partial charge is 0.475 e. The largest absolute Gasteiger partial charge is 0.490 e. The third kappa shape index (κ3) is 7.18. The van der Waals surface area contributed by atoms with Crippen molar-refractivity contribution in [3.05, 3.63) is 45.7 Å². The van der Waals surface area contributed by atoms with Crippen molar-refractivity contribution in [2.45, 2.75) is 47.6 Å². The maximum Gasteiger partial charge on any atom is 0.490 e. The summed E-state index contributed by atoms with van der Waals surface area (Å²) in [6.07, 6.45) is -1.32. The Hall–Kier alpha value is -2.16. The van der Waals surface area contributed by atoms with Crippen LogP contribution in [0, 0.1) is 0 Å². The molecule has 0 spiro atoms. The van der Waals surface area contributed by atoms with Crippen molar-refractivity contribution in [3.8, 4) is 0 Å². The molecule has 2 heterocycles. The molecule has 1 saturated heterocycles. The van der Waals surface area contributed by atoms with E-state index in [-0.39, 0.29) is 16.2 Å². The molecule has 1 amide bonds. The molecule has 0 radical (unpaired) electrons. The monoisotopic (exact) mass is 598 g/mol. The molecule has 2 fully saturated rings. The van der Waals surface area contributed by atoms with Crippen molar-refractivity contribution >= 4 is 54.9 Å². The molecule has 1 aromatic carbocycles. The number of ether oxygens (including phenoxy) is 1. The van der Waals surface area contributed by atoms with Gasteiger partial charge in [0, 0.05) is 18.8 Å². The van der Waals surface area contributed by atoms with E-state index in [9.17, 15) is 26.4 Å². The molecular weight excluding hydrogens is 577 g/mol. The van der Waals surface area contributed by atoms with Crippen LogP contribution in [0.3, 0.4) is 0 Å². The lowest BCUT2D eigenvalue weighted by Crippen LogP contribution is -2.39. The van der Waals surface area contributed by atoms with Gasteiger partial charge in [0.25, 0.3) is 10.0 Å². The Morgan fingerprint density at radius 3 is 2.26 bits per heavy atom. The number of alkyl halides is 3. The summed E-state index contributed by atoms with van der Waals surface area (Å²) < 4.78 is 65.7. The summed E-state index contributed by atoms with van der Waals surface area (Å²) in [6, 6.07) is 10.4. The van der Waals surface area contributed by atoms with Gasteiger partial charge >= 0.3 is 12.1 Å². The van der Waals surface area contributed by atoms with Crippen molar-refractivity contribution in [3.63, 3.8) is 0 Å². The van der Waals surface area contributed by atoms with E-state index in [2.05, 4.69) is 26.0 Å². The molecule has 35 heavy (non-hydrogen) atoms.